The Kier molecular flexibility index (Phi) is 6.41. The first-order chi connectivity index (χ1) is 11.1. The summed E-state index contributed by atoms with van der Waals surface area (Å²) in [6, 6.07) is 0. The second kappa shape index (κ2) is 7.62. The first-order valence-corrected chi connectivity index (χ1v) is 12.1. The zero-order valence-electron chi connectivity index (χ0n) is 16.6. The Morgan fingerprint density at radius 1 is 1.12 bits per heavy atom. The monoisotopic (exact) mass is 354 g/mol. The molecule has 1 unspecified atom stereocenters. The van der Waals surface area contributed by atoms with Crippen LogP contribution in [0.4, 0.5) is 0 Å². The van der Waals surface area contributed by atoms with E-state index in [9.17, 15) is 0 Å². The third-order valence-electron chi connectivity index (χ3n) is 5.63. The highest BCUT2D eigenvalue weighted by molar-refractivity contribution is 6.54. The summed E-state index contributed by atoms with van der Waals surface area (Å²) < 4.78 is 24.3. The van der Waals surface area contributed by atoms with Crippen LogP contribution < -0.4 is 0 Å². The van der Waals surface area contributed by atoms with Gasteiger partial charge in [-0.3, -0.25) is 0 Å². The number of hydrogen-bond donors (Lipinski definition) is 0. The quantitative estimate of drug-likeness (QED) is 0.653. The number of hydrogen-bond acceptors (Lipinski definition) is 4. The van der Waals surface area contributed by atoms with Crippen LogP contribution in [-0.2, 0) is 18.5 Å². The van der Waals surface area contributed by atoms with Gasteiger partial charge in [0.25, 0.3) is 0 Å². The predicted molar refractivity (Wildman–Crippen MR) is 102 cm³/mol. The van der Waals surface area contributed by atoms with E-state index in [-0.39, 0.29) is 23.7 Å². The lowest BCUT2D eigenvalue weighted by atomic mass is 9.66. The highest BCUT2D eigenvalue weighted by atomic mass is 28.3. The zero-order chi connectivity index (χ0) is 18.0. The predicted octanol–water partition coefficient (Wildman–Crippen LogP) is 3.75. The minimum Gasteiger partial charge on any atom is -0.420 e. The topological polar surface area (TPSA) is 36.9 Å². The standard InChI is InChI=1S/C18H35BO4Si/c1-8-20-13-18(14-21-24(6)7)11-9-15(10-12-18)19-22-16(2,3)17(4,5)23-19/h9,24H,8,10-14H2,1-7H3. The molecule has 4 nitrogen and oxygen atoms in total. The van der Waals surface area contributed by atoms with Crippen molar-refractivity contribution in [3.05, 3.63) is 11.5 Å². The van der Waals surface area contributed by atoms with Gasteiger partial charge in [0, 0.05) is 18.6 Å². The normalized spacial score (nSPS) is 29.2. The lowest BCUT2D eigenvalue weighted by Crippen LogP contribution is -2.41. The van der Waals surface area contributed by atoms with E-state index in [1.54, 1.807) is 0 Å². The van der Waals surface area contributed by atoms with Gasteiger partial charge in [-0.2, -0.15) is 0 Å². The molecule has 0 N–H and O–H groups in total. The Hall–Kier alpha value is -0.138. The molecule has 24 heavy (non-hydrogen) atoms. The smallest absolute Gasteiger partial charge is 0.420 e. The van der Waals surface area contributed by atoms with Crippen LogP contribution in [-0.4, -0.2) is 47.2 Å². The molecule has 0 aromatic heterocycles. The molecule has 0 aromatic carbocycles. The average molecular weight is 354 g/mol. The van der Waals surface area contributed by atoms with Gasteiger partial charge >= 0.3 is 7.12 Å². The van der Waals surface area contributed by atoms with Crippen LogP contribution in [0.15, 0.2) is 11.5 Å². The largest absolute Gasteiger partial charge is 0.490 e. The van der Waals surface area contributed by atoms with Crippen LogP contribution in [0.25, 0.3) is 0 Å². The molecule has 1 aliphatic carbocycles. The van der Waals surface area contributed by atoms with Crippen molar-refractivity contribution in [1.82, 2.24) is 0 Å². The van der Waals surface area contributed by atoms with Crippen LogP contribution in [0.2, 0.25) is 13.1 Å². The van der Waals surface area contributed by atoms with Crippen molar-refractivity contribution < 1.29 is 18.5 Å². The van der Waals surface area contributed by atoms with Crippen LogP contribution in [0, 0.1) is 5.41 Å². The summed E-state index contributed by atoms with van der Waals surface area (Å²) in [6.45, 7) is 17.3. The van der Waals surface area contributed by atoms with Crippen molar-refractivity contribution in [3.63, 3.8) is 0 Å². The van der Waals surface area contributed by atoms with Gasteiger partial charge < -0.3 is 18.5 Å². The number of rotatable bonds is 7. The van der Waals surface area contributed by atoms with E-state index in [1.807, 2.05) is 0 Å². The molecule has 1 saturated heterocycles. The number of ether oxygens (including phenoxy) is 1. The molecule has 0 bridgehead atoms. The zero-order valence-corrected chi connectivity index (χ0v) is 17.8. The third kappa shape index (κ3) is 4.52. The maximum absolute atomic E-state index is 6.20. The molecule has 1 aliphatic heterocycles. The molecule has 1 heterocycles. The molecular formula is C18H35BO4Si. The molecule has 0 aromatic rings. The van der Waals surface area contributed by atoms with Crippen LogP contribution in [0.5, 0.6) is 0 Å². The van der Waals surface area contributed by atoms with E-state index < -0.39 is 9.04 Å². The highest BCUT2D eigenvalue weighted by Crippen LogP contribution is 2.43. The van der Waals surface area contributed by atoms with Crippen LogP contribution in [0.1, 0.15) is 53.9 Å². The van der Waals surface area contributed by atoms with Gasteiger partial charge in [-0.05, 0) is 72.4 Å². The molecule has 0 spiro atoms. The first-order valence-electron chi connectivity index (χ1n) is 9.35. The molecule has 0 saturated carbocycles. The van der Waals surface area contributed by atoms with Gasteiger partial charge in [0.05, 0.1) is 17.8 Å². The summed E-state index contributed by atoms with van der Waals surface area (Å²) in [5.41, 5.74) is 0.845. The molecular weight excluding hydrogens is 319 g/mol. The van der Waals surface area contributed by atoms with E-state index in [1.165, 1.54) is 5.47 Å². The fraction of sp³-hybridized carbons (Fsp3) is 0.889. The minimum absolute atomic E-state index is 0.112. The lowest BCUT2D eigenvalue weighted by molar-refractivity contribution is 0.00578. The first kappa shape index (κ1) is 20.2. The van der Waals surface area contributed by atoms with Crippen molar-refractivity contribution in [2.75, 3.05) is 19.8 Å². The minimum atomic E-state index is -1.02. The van der Waals surface area contributed by atoms with E-state index in [0.717, 1.165) is 39.1 Å². The summed E-state index contributed by atoms with van der Waals surface area (Å²) in [4.78, 5) is 0. The van der Waals surface area contributed by atoms with Crippen molar-refractivity contribution in [1.29, 1.82) is 0 Å². The van der Waals surface area contributed by atoms with Gasteiger partial charge in [-0.1, -0.05) is 6.08 Å². The molecule has 1 atom stereocenters. The lowest BCUT2D eigenvalue weighted by Gasteiger charge is -2.37. The Labute approximate surface area is 150 Å². The molecule has 0 radical (unpaired) electrons. The Morgan fingerprint density at radius 2 is 1.75 bits per heavy atom. The maximum Gasteiger partial charge on any atom is 0.490 e. The van der Waals surface area contributed by atoms with E-state index >= 15 is 0 Å². The highest BCUT2D eigenvalue weighted by Gasteiger charge is 2.53. The fourth-order valence-corrected chi connectivity index (χ4v) is 3.82. The average Bonchev–Trinajstić information content (AvgIpc) is 2.72. The van der Waals surface area contributed by atoms with Crippen LogP contribution >= 0.6 is 0 Å². The van der Waals surface area contributed by atoms with Gasteiger partial charge in [0.2, 0.25) is 0 Å². The molecule has 0 amide bonds. The van der Waals surface area contributed by atoms with Crippen molar-refractivity contribution >= 4 is 16.2 Å². The third-order valence-corrected chi connectivity index (χ3v) is 6.47. The summed E-state index contributed by atoms with van der Waals surface area (Å²) in [7, 11) is -1.23. The molecule has 2 aliphatic rings. The molecule has 138 valence electrons. The second-order valence-corrected chi connectivity index (χ2v) is 11.0. The maximum atomic E-state index is 6.20. The summed E-state index contributed by atoms with van der Waals surface area (Å²) in [5, 5.41) is 0. The number of allylic oxidation sites excluding steroid dienone is 2. The van der Waals surface area contributed by atoms with E-state index in [4.69, 9.17) is 18.5 Å². The molecule has 2 rings (SSSR count). The van der Waals surface area contributed by atoms with Crippen molar-refractivity contribution in [2.45, 2.75) is 78.2 Å². The van der Waals surface area contributed by atoms with Crippen molar-refractivity contribution in [3.8, 4) is 0 Å². The Bertz CT molecular complexity index is 448. The van der Waals surface area contributed by atoms with Gasteiger partial charge in [-0.15, -0.1) is 0 Å². The molecule has 1 fully saturated rings. The van der Waals surface area contributed by atoms with Gasteiger partial charge in [0.1, 0.15) is 0 Å². The van der Waals surface area contributed by atoms with Crippen molar-refractivity contribution in [2.24, 2.45) is 5.41 Å². The molecule has 6 heteroatoms. The Morgan fingerprint density at radius 3 is 2.21 bits per heavy atom. The van der Waals surface area contributed by atoms with E-state index in [2.05, 4.69) is 53.8 Å². The van der Waals surface area contributed by atoms with E-state index in [0.29, 0.717) is 0 Å². The SMILES string of the molecule is CCOCC1(CO[SiH](C)C)CC=C(B2OC(C)(C)C(C)(C)O2)CC1. The van der Waals surface area contributed by atoms with Gasteiger partial charge in [0.15, 0.2) is 9.04 Å². The summed E-state index contributed by atoms with van der Waals surface area (Å²) in [5.74, 6) is 0. The Balaban J connectivity index is 2.04. The van der Waals surface area contributed by atoms with Crippen LogP contribution in [0.3, 0.4) is 0 Å². The summed E-state index contributed by atoms with van der Waals surface area (Å²) >= 11 is 0. The second-order valence-electron chi connectivity index (χ2n) is 8.57. The fourth-order valence-electron chi connectivity index (χ4n) is 3.14. The summed E-state index contributed by atoms with van der Waals surface area (Å²) in [6.07, 6.45) is 5.36. The van der Waals surface area contributed by atoms with Gasteiger partial charge in [-0.25, -0.2) is 0 Å².